The highest BCUT2D eigenvalue weighted by Gasteiger charge is 2.22. The van der Waals surface area contributed by atoms with Gasteiger partial charge in [0, 0.05) is 12.6 Å². The molecule has 0 aliphatic carbocycles. The highest BCUT2D eigenvalue weighted by atomic mass is 16.2. The number of anilines is 1. The highest BCUT2D eigenvalue weighted by Crippen LogP contribution is 2.18. The number of carbonyl (C=O) groups is 2. The van der Waals surface area contributed by atoms with Crippen molar-refractivity contribution in [1.29, 1.82) is 0 Å². The van der Waals surface area contributed by atoms with Crippen LogP contribution in [0.15, 0.2) is 36.5 Å². The second-order valence-corrected chi connectivity index (χ2v) is 5.85. The summed E-state index contributed by atoms with van der Waals surface area (Å²) >= 11 is 0. The summed E-state index contributed by atoms with van der Waals surface area (Å²) in [6, 6.07) is 8.60. The van der Waals surface area contributed by atoms with Crippen LogP contribution >= 0.6 is 0 Å². The highest BCUT2D eigenvalue weighted by molar-refractivity contribution is 5.93. The van der Waals surface area contributed by atoms with Crippen LogP contribution in [0.5, 0.6) is 0 Å². The van der Waals surface area contributed by atoms with Gasteiger partial charge < -0.3 is 10.6 Å². The molecule has 3 amide bonds. The minimum absolute atomic E-state index is 0.130. The maximum atomic E-state index is 12.3. The molecule has 1 fully saturated rings. The number of hydrogen-bond acceptors (Lipinski definition) is 3. The van der Waals surface area contributed by atoms with Crippen molar-refractivity contribution in [1.82, 2.24) is 20.4 Å². The molecule has 7 nitrogen and oxygen atoms in total. The van der Waals surface area contributed by atoms with E-state index in [1.807, 2.05) is 31.2 Å². The van der Waals surface area contributed by atoms with Crippen LogP contribution in [0.2, 0.25) is 0 Å². The number of para-hydroxylation sites is 1. The first-order valence-corrected chi connectivity index (χ1v) is 8.10. The molecule has 0 saturated carbocycles. The van der Waals surface area contributed by atoms with Gasteiger partial charge in [-0.15, -0.1) is 0 Å². The third-order valence-electron chi connectivity index (χ3n) is 4.07. The van der Waals surface area contributed by atoms with Gasteiger partial charge in [0.2, 0.25) is 5.91 Å². The maximum absolute atomic E-state index is 12.3. The van der Waals surface area contributed by atoms with Crippen LogP contribution < -0.4 is 16.0 Å². The van der Waals surface area contributed by atoms with Crippen LogP contribution in [0.1, 0.15) is 24.8 Å². The van der Waals surface area contributed by atoms with Crippen LogP contribution in [-0.2, 0) is 4.79 Å². The van der Waals surface area contributed by atoms with Gasteiger partial charge >= 0.3 is 6.03 Å². The quantitative estimate of drug-likeness (QED) is 0.805. The minimum Gasteiger partial charge on any atom is -0.354 e. The number of carbonyl (C=O) groups excluding carboxylic acids is 2. The lowest BCUT2D eigenvalue weighted by Gasteiger charge is -2.16. The first kappa shape index (κ1) is 16.0. The third-order valence-corrected chi connectivity index (χ3v) is 4.07. The van der Waals surface area contributed by atoms with Gasteiger partial charge in [0.15, 0.2) is 0 Å². The molecule has 24 heavy (non-hydrogen) atoms. The Kier molecular flexibility index (Phi) is 4.79. The van der Waals surface area contributed by atoms with Gasteiger partial charge in [-0.1, -0.05) is 18.2 Å². The summed E-state index contributed by atoms with van der Waals surface area (Å²) in [5.41, 5.74) is 1.94. The number of nitrogens with one attached hydrogen (secondary N) is 3. The Hall–Kier alpha value is -2.83. The van der Waals surface area contributed by atoms with Crippen molar-refractivity contribution < 1.29 is 9.59 Å². The Bertz CT molecular complexity index is 740. The Labute approximate surface area is 140 Å². The Morgan fingerprint density at radius 3 is 2.96 bits per heavy atom. The van der Waals surface area contributed by atoms with Gasteiger partial charge in [-0.3, -0.25) is 10.1 Å². The number of rotatable bonds is 3. The fourth-order valence-corrected chi connectivity index (χ4v) is 2.78. The topological polar surface area (TPSA) is 88.1 Å². The van der Waals surface area contributed by atoms with E-state index in [1.165, 1.54) is 0 Å². The molecular formula is C17H21N5O2. The second kappa shape index (κ2) is 7.16. The van der Waals surface area contributed by atoms with E-state index < -0.39 is 12.1 Å². The smallest absolute Gasteiger partial charge is 0.321 e. The molecule has 0 unspecified atom stereocenters. The van der Waals surface area contributed by atoms with Crippen molar-refractivity contribution >= 4 is 17.8 Å². The second-order valence-electron chi connectivity index (χ2n) is 5.85. The van der Waals surface area contributed by atoms with Crippen LogP contribution in [0, 0.1) is 6.92 Å². The number of urea groups is 1. The Balaban J connectivity index is 1.71. The minimum atomic E-state index is -0.498. The molecule has 3 N–H and O–H groups in total. The van der Waals surface area contributed by atoms with Gasteiger partial charge in [-0.2, -0.15) is 5.10 Å². The number of aryl methyl sites for hydroxylation is 1. The number of amides is 3. The van der Waals surface area contributed by atoms with E-state index in [0.29, 0.717) is 18.8 Å². The van der Waals surface area contributed by atoms with Gasteiger partial charge in [-0.25, -0.2) is 9.48 Å². The zero-order valence-electron chi connectivity index (χ0n) is 13.6. The lowest BCUT2D eigenvalue weighted by Crippen LogP contribution is -2.47. The van der Waals surface area contributed by atoms with Crippen molar-refractivity contribution in [2.45, 2.75) is 32.2 Å². The SMILES string of the molecule is Cc1ccccc1-n1nccc1NC(=O)N[C@H]1CCCCNC1=O. The number of aromatic nitrogens is 2. The molecule has 1 saturated heterocycles. The predicted octanol–water partition coefficient (Wildman–Crippen LogP) is 1.97. The molecule has 7 heteroatoms. The van der Waals surface area contributed by atoms with E-state index in [1.54, 1.807) is 16.9 Å². The van der Waals surface area contributed by atoms with E-state index in [9.17, 15) is 9.59 Å². The van der Waals surface area contributed by atoms with Crippen molar-refractivity contribution in [2.75, 3.05) is 11.9 Å². The summed E-state index contributed by atoms with van der Waals surface area (Å²) in [7, 11) is 0. The maximum Gasteiger partial charge on any atom is 0.321 e. The summed E-state index contributed by atoms with van der Waals surface area (Å²) in [5.74, 6) is 0.422. The molecule has 0 radical (unpaired) electrons. The van der Waals surface area contributed by atoms with Gasteiger partial charge in [-0.05, 0) is 37.8 Å². The van der Waals surface area contributed by atoms with Gasteiger partial charge in [0.1, 0.15) is 11.9 Å². The van der Waals surface area contributed by atoms with Crippen molar-refractivity contribution in [3.05, 3.63) is 42.1 Å². The Morgan fingerprint density at radius 1 is 1.29 bits per heavy atom. The molecule has 0 bridgehead atoms. The van der Waals surface area contributed by atoms with Crippen molar-refractivity contribution in [3.8, 4) is 5.69 Å². The Morgan fingerprint density at radius 2 is 2.12 bits per heavy atom. The summed E-state index contributed by atoms with van der Waals surface area (Å²) in [4.78, 5) is 24.2. The predicted molar refractivity (Wildman–Crippen MR) is 91.1 cm³/mol. The van der Waals surface area contributed by atoms with E-state index in [4.69, 9.17) is 0 Å². The van der Waals surface area contributed by atoms with E-state index in [-0.39, 0.29) is 5.91 Å². The van der Waals surface area contributed by atoms with Gasteiger partial charge in [0.25, 0.3) is 0 Å². The van der Waals surface area contributed by atoms with E-state index >= 15 is 0 Å². The number of benzene rings is 1. The fraction of sp³-hybridized carbons (Fsp3) is 0.353. The first-order valence-electron chi connectivity index (χ1n) is 8.10. The molecule has 1 aromatic heterocycles. The zero-order chi connectivity index (χ0) is 16.9. The lowest BCUT2D eigenvalue weighted by molar-refractivity contribution is -0.122. The van der Waals surface area contributed by atoms with Crippen LogP contribution in [0.25, 0.3) is 5.69 Å². The van der Waals surface area contributed by atoms with Crippen LogP contribution in [0.3, 0.4) is 0 Å². The number of nitrogens with zero attached hydrogens (tertiary/aromatic N) is 2. The molecule has 0 spiro atoms. The summed E-state index contributed by atoms with van der Waals surface area (Å²) in [5, 5.41) is 12.6. The zero-order valence-corrected chi connectivity index (χ0v) is 13.6. The molecule has 2 heterocycles. The van der Waals surface area contributed by atoms with Crippen molar-refractivity contribution in [3.63, 3.8) is 0 Å². The molecule has 3 rings (SSSR count). The molecular weight excluding hydrogens is 306 g/mol. The summed E-state index contributed by atoms with van der Waals surface area (Å²) in [6.45, 7) is 2.65. The normalized spacial score (nSPS) is 17.7. The van der Waals surface area contributed by atoms with Crippen LogP contribution in [-0.4, -0.2) is 34.3 Å². The molecule has 1 aliphatic heterocycles. The summed E-state index contributed by atoms with van der Waals surface area (Å²) in [6.07, 6.45) is 4.12. The average Bonchev–Trinajstić information content (AvgIpc) is 2.91. The lowest BCUT2D eigenvalue weighted by atomic mass is 10.1. The fourth-order valence-electron chi connectivity index (χ4n) is 2.78. The average molecular weight is 327 g/mol. The van der Waals surface area contributed by atoms with Gasteiger partial charge in [0.05, 0.1) is 11.9 Å². The van der Waals surface area contributed by atoms with Crippen molar-refractivity contribution in [2.24, 2.45) is 0 Å². The number of hydrogen-bond donors (Lipinski definition) is 3. The van der Waals surface area contributed by atoms with E-state index in [0.717, 1.165) is 24.1 Å². The summed E-state index contributed by atoms with van der Waals surface area (Å²) < 4.78 is 1.67. The monoisotopic (exact) mass is 327 g/mol. The first-order chi connectivity index (χ1) is 11.6. The van der Waals surface area contributed by atoms with Crippen LogP contribution in [0.4, 0.5) is 10.6 Å². The third kappa shape index (κ3) is 3.56. The molecule has 1 aromatic carbocycles. The molecule has 126 valence electrons. The molecule has 1 aliphatic rings. The molecule has 1 atom stereocenters. The molecule has 2 aromatic rings. The standard InChI is InChI=1S/C17H21N5O2/c1-12-6-2-3-8-14(12)22-15(9-11-19-22)21-17(24)20-13-7-4-5-10-18-16(13)23/h2-3,6,8-9,11,13H,4-5,7,10H2,1H3,(H,18,23)(H2,20,21,24)/t13-/m0/s1. The largest absolute Gasteiger partial charge is 0.354 e. The van der Waals surface area contributed by atoms with E-state index in [2.05, 4.69) is 21.0 Å².